The van der Waals surface area contributed by atoms with Crippen molar-refractivity contribution in [1.82, 2.24) is 20.8 Å². The van der Waals surface area contributed by atoms with Gasteiger partial charge in [0, 0.05) is 36.2 Å². The molecule has 0 amide bonds. The third kappa shape index (κ3) is 4.86. The highest BCUT2D eigenvalue weighted by Gasteiger charge is 2.09. The van der Waals surface area contributed by atoms with Crippen molar-refractivity contribution in [3.63, 3.8) is 0 Å². The minimum Gasteiger partial charge on any atom is -0.354 e. The molecular formula is C14H21N5OS. The first kappa shape index (κ1) is 15.5. The van der Waals surface area contributed by atoms with Crippen LogP contribution in [0.15, 0.2) is 21.6 Å². The highest BCUT2D eigenvalue weighted by Crippen LogP contribution is 2.16. The van der Waals surface area contributed by atoms with E-state index in [0.29, 0.717) is 24.3 Å². The van der Waals surface area contributed by atoms with Gasteiger partial charge in [0.25, 0.3) is 0 Å². The molecule has 0 fully saturated rings. The topological polar surface area (TPSA) is 75.3 Å². The van der Waals surface area contributed by atoms with E-state index < -0.39 is 0 Å². The van der Waals surface area contributed by atoms with Crippen molar-refractivity contribution in [2.75, 3.05) is 7.05 Å². The molecule has 114 valence electrons. The molecule has 6 nitrogen and oxygen atoms in total. The van der Waals surface area contributed by atoms with Crippen LogP contribution in [0.25, 0.3) is 0 Å². The minimum absolute atomic E-state index is 0.293. The van der Waals surface area contributed by atoms with Gasteiger partial charge in [0.05, 0.1) is 6.54 Å². The lowest BCUT2D eigenvalue weighted by atomic mass is 10.2. The van der Waals surface area contributed by atoms with Gasteiger partial charge in [-0.05, 0) is 26.0 Å². The van der Waals surface area contributed by atoms with Gasteiger partial charge < -0.3 is 15.2 Å². The number of aliphatic imine (C=N–C) groups is 1. The van der Waals surface area contributed by atoms with Gasteiger partial charge in [-0.1, -0.05) is 5.16 Å². The van der Waals surface area contributed by atoms with Crippen LogP contribution in [0.1, 0.15) is 28.4 Å². The number of rotatable bonds is 5. The van der Waals surface area contributed by atoms with Crippen LogP contribution in [-0.4, -0.2) is 29.2 Å². The normalized spacial score (nSPS) is 13.2. The molecule has 2 aromatic rings. The number of hydrogen-bond donors (Lipinski definition) is 2. The van der Waals surface area contributed by atoms with Crippen molar-refractivity contribution >= 4 is 17.3 Å². The van der Waals surface area contributed by atoms with E-state index >= 15 is 0 Å². The molecule has 0 aliphatic heterocycles. The van der Waals surface area contributed by atoms with Gasteiger partial charge in [0.1, 0.15) is 0 Å². The van der Waals surface area contributed by atoms with Gasteiger partial charge >= 0.3 is 0 Å². The van der Waals surface area contributed by atoms with Crippen LogP contribution in [-0.2, 0) is 13.0 Å². The average Bonchev–Trinajstić information content (AvgIpc) is 3.03. The summed E-state index contributed by atoms with van der Waals surface area (Å²) in [5.41, 5.74) is 0. The zero-order chi connectivity index (χ0) is 15.2. The second-order valence-corrected chi connectivity index (χ2v) is 6.29. The van der Waals surface area contributed by atoms with Crippen LogP contribution in [0.4, 0.5) is 0 Å². The van der Waals surface area contributed by atoms with Gasteiger partial charge in [0.15, 0.2) is 11.8 Å². The molecule has 0 spiro atoms. The summed E-state index contributed by atoms with van der Waals surface area (Å²) in [6.45, 7) is 6.52. The Morgan fingerprint density at radius 1 is 1.43 bits per heavy atom. The Hall–Kier alpha value is -1.89. The third-order valence-electron chi connectivity index (χ3n) is 2.89. The van der Waals surface area contributed by atoms with Crippen LogP contribution in [0.2, 0.25) is 0 Å². The van der Waals surface area contributed by atoms with E-state index in [1.807, 2.05) is 11.3 Å². The van der Waals surface area contributed by atoms with Crippen molar-refractivity contribution in [1.29, 1.82) is 0 Å². The molecule has 0 aliphatic rings. The van der Waals surface area contributed by atoms with Gasteiger partial charge in [-0.25, -0.2) is 0 Å². The van der Waals surface area contributed by atoms with E-state index in [1.165, 1.54) is 9.75 Å². The van der Waals surface area contributed by atoms with E-state index in [1.54, 1.807) is 14.0 Å². The standard InChI is InChI=1S/C14H21N5OS/c1-9(7-12-6-5-10(2)21-12)17-14(15-4)16-8-13-18-11(3)20-19-13/h5-6,9H,7-8H2,1-4H3,(H2,15,16,17). The van der Waals surface area contributed by atoms with Crippen LogP contribution in [0, 0.1) is 13.8 Å². The summed E-state index contributed by atoms with van der Waals surface area (Å²) >= 11 is 1.83. The Morgan fingerprint density at radius 3 is 2.81 bits per heavy atom. The number of aromatic nitrogens is 2. The monoisotopic (exact) mass is 307 g/mol. The SMILES string of the molecule is CN=C(NCc1noc(C)n1)NC(C)Cc1ccc(C)s1. The number of aryl methyl sites for hydroxylation is 2. The summed E-state index contributed by atoms with van der Waals surface area (Å²) in [6.07, 6.45) is 0.973. The number of nitrogens with zero attached hydrogens (tertiary/aromatic N) is 3. The summed E-state index contributed by atoms with van der Waals surface area (Å²) in [5.74, 6) is 1.92. The van der Waals surface area contributed by atoms with Crippen LogP contribution < -0.4 is 10.6 Å². The molecule has 0 aromatic carbocycles. The van der Waals surface area contributed by atoms with E-state index in [0.717, 1.165) is 12.4 Å². The van der Waals surface area contributed by atoms with Crippen molar-refractivity contribution in [2.45, 2.75) is 39.8 Å². The number of guanidine groups is 1. The van der Waals surface area contributed by atoms with Crippen LogP contribution in [0.3, 0.4) is 0 Å². The quantitative estimate of drug-likeness (QED) is 0.653. The molecule has 2 heterocycles. The third-order valence-corrected chi connectivity index (χ3v) is 3.92. The molecule has 2 N–H and O–H groups in total. The molecular weight excluding hydrogens is 286 g/mol. The second-order valence-electron chi connectivity index (χ2n) is 4.92. The summed E-state index contributed by atoms with van der Waals surface area (Å²) in [4.78, 5) is 11.1. The van der Waals surface area contributed by atoms with Gasteiger partial charge in [0.2, 0.25) is 5.89 Å². The maximum atomic E-state index is 4.93. The highest BCUT2D eigenvalue weighted by atomic mass is 32.1. The first-order chi connectivity index (χ1) is 10.1. The van der Waals surface area contributed by atoms with E-state index in [-0.39, 0.29) is 0 Å². The smallest absolute Gasteiger partial charge is 0.223 e. The van der Waals surface area contributed by atoms with E-state index in [9.17, 15) is 0 Å². The Bertz CT molecular complexity index is 604. The fourth-order valence-corrected chi connectivity index (χ4v) is 2.97. The Labute approximate surface area is 128 Å². The maximum absolute atomic E-state index is 4.93. The molecule has 0 saturated heterocycles. The van der Waals surface area contributed by atoms with Crippen molar-refractivity contribution in [2.24, 2.45) is 4.99 Å². The van der Waals surface area contributed by atoms with Crippen molar-refractivity contribution < 1.29 is 4.52 Å². The zero-order valence-electron chi connectivity index (χ0n) is 12.8. The number of thiophene rings is 1. The first-order valence-electron chi connectivity index (χ1n) is 6.88. The van der Waals surface area contributed by atoms with Crippen molar-refractivity contribution in [3.05, 3.63) is 33.6 Å². The predicted molar refractivity (Wildman–Crippen MR) is 84.6 cm³/mol. The fourth-order valence-electron chi connectivity index (χ4n) is 1.95. The summed E-state index contributed by atoms with van der Waals surface area (Å²) < 4.78 is 4.93. The predicted octanol–water partition coefficient (Wildman–Crippen LogP) is 2.04. The Morgan fingerprint density at radius 2 is 2.24 bits per heavy atom. The van der Waals surface area contributed by atoms with E-state index in [4.69, 9.17) is 4.52 Å². The molecule has 2 rings (SSSR count). The van der Waals surface area contributed by atoms with Gasteiger partial charge in [-0.2, -0.15) is 4.98 Å². The zero-order valence-corrected chi connectivity index (χ0v) is 13.6. The largest absolute Gasteiger partial charge is 0.354 e. The lowest BCUT2D eigenvalue weighted by Gasteiger charge is -2.16. The molecule has 2 aromatic heterocycles. The Balaban J connectivity index is 1.81. The first-order valence-corrected chi connectivity index (χ1v) is 7.70. The van der Waals surface area contributed by atoms with Crippen LogP contribution in [0.5, 0.6) is 0 Å². The van der Waals surface area contributed by atoms with E-state index in [2.05, 4.69) is 51.7 Å². The average molecular weight is 307 g/mol. The van der Waals surface area contributed by atoms with Crippen LogP contribution >= 0.6 is 11.3 Å². The molecule has 21 heavy (non-hydrogen) atoms. The molecule has 0 radical (unpaired) electrons. The molecule has 1 unspecified atom stereocenters. The molecule has 0 bridgehead atoms. The molecule has 0 aliphatic carbocycles. The fraction of sp³-hybridized carbons (Fsp3) is 0.500. The molecule has 0 saturated carbocycles. The summed E-state index contributed by atoms with van der Waals surface area (Å²) in [6, 6.07) is 4.62. The lowest BCUT2D eigenvalue weighted by Crippen LogP contribution is -2.42. The van der Waals surface area contributed by atoms with Crippen molar-refractivity contribution in [3.8, 4) is 0 Å². The van der Waals surface area contributed by atoms with Gasteiger partial charge in [-0.3, -0.25) is 4.99 Å². The highest BCUT2D eigenvalue weighted by molar-refractivity contribution is 7.11. The lowest BCUT2D eigenvalue weighted by molar-refractivity contribution is 0.386. The molecule has 1 atom stereocenters. The summed E-state index contributed by atoms with van der Waals surface area (Å²) in [7, 11) is 1.75. The minimum atomic E-state index is 0.293. The maximum Gasteiger partial charge on any atom is 0.223 e. The second kappa shape index (κ2) is 7.21. The number of hydrogen-bond acceptors (Lipinski definition) is 5. The van der Waals surface area contributed by atoms with Gasteiger partial charge in [-0.15, -0.1) is 11.3 Å². The molecule has 7 heteroatoms. The number of nitrogens with one attached hydrogen (secondary N) is 2. The summed E-state index contributed by atoms with van der Waals surface area (Å²) in [5, 5.41) is 10.4. The Kier molecular flexibility index (Phi) is 5.32.